The highest BCUT2D eigenvalue weighted by Gasteiger charge is 2.30. The number of carbonyl (C=O) groups is 1. The van der Waals surface area contributed by atoms with E-state index in [1.165, 1.54) is 5.75 Å². The van der Waals surface area contributed by atoms with E-state index >= 15 is 0 Å². The third-order valence-corrected chi connectivity index (χ3v) is 4.83. The number of amides is 1. The summed E-state index contributed by atoms with van der Waals surface area (Å²) in [5.41, 5.74) is 5.49. The Morgan fingerprint density at radius 3 is 2.94 bits per heavy atom. The number of rotatable bonds is 6. The largest absolute Gasteiger partial charge is 0.376 e. The van der Waals surface area contributed by atoms with E-state index in [0.717, 1.165) is 44.6 Å². The van der Waals surface area contributed by atoms with Crippen LogP contribution in [0, 0.1) is 0 Å². The van der Waals surface area contributed by atoms with Gasteiger partial charge in [-0.05, 0) is 38.0 Å². The van der Waals surface area contributed by atoms with Crippen LogP contribution in [0.25, 0.3) is 0 Å². The molecule has 0 spiro atoms. The maximum atomic E-state index is 12.3. The standard InChI is InChI=1S/C13H24N2O2S/c14-6-1-4-13(16)15(11-5-8-18-10-11)9-12-3-2-7-17-12/h11-12H,1-10,14H2. The molecule has 0 aliphatic carbocycles. The van der Waals surface area contributed by atoms with E-state index in [9.17, 15) is 4.79 Å². The smallest absolute Gasteiger partial charge is 0.222 e. The molecule has 2 fully saturated rings. The van der Waals surface area contributed by atoms with Crippen molar-refractivity contribution in [3.05, 3.63) is 0 Å². The zero-order valence-corrected chi connectivity index (χ0v) is 11.8. The fraction of sp³-hybridized carbons (Fsp3) is 0.923. The van der Waals surface area contributed by atoms with E-state index < -0.39 is 0 Å². The normalized spacial score (nSPS) is 27.6. The van der Waals surface area contributed by atoms with Crippen molar-refractivity contribution < 1.29 is 9.53 Å². The van der Waals surface area contributed by atoms with Gasteiger partial charge in [0, 0.05) is 31.4 Å². The zero-order chi connectivity index (χ0) is 12.8. The van der Waals surface area contributed by atoms with Crippen LogP contribution in [0.1, 0.15) is 32.1 Å². The van der Waals surface area contributed by atoms with Gasteiger partial charge in [0.2, 0.25) is 5.91 Å². The molecule has 1 amide bonds. The summed E-state index contributed by atoms with van der Waals surface area (Å²) >= 11 is 1.95. The second-order valence-electron chi connectivity index (χ2n) is 5.09. The molecule has 5 heteroatoms. The van der Waals surface area contributed by atoms with E-state index in [0.29, 0.717) is 19.0 Å². The molecule has 2 aliphatic heterocycles. The highest BCUT2D eigenvalue weighted by Crippen LogP contribution is 2.25. The van der Waals surface area contributed by atoms with Gasteiger partial charge in [0.1, 0.15) is 0 Å². The van der Waals surface area contributed by atoms with Crippen LogP contribution < -0.4 is 5.73 Å². The average molecular weight is 272 g/mol. The summed E-state index contributed by atoms with van der Waals surface area (Å²) in [5.74, 6) is 2.53. The summed E-state index contributed by atoms with van der Waals surface area (Å²) in [5, 5.41) is 0. The van der Waals surface area contributed by atoms with Crippen molar-refractivity contribution in [2.75, 3.05) is 31.2 Å². The number of hydrogen-bond acceptors (Lipinski definition) is 4. The Balaban J connectivity index is 1.90. The Kier molecular flexibility index (Phi) is 5.79. The molecule has 4 nitrogen and oxygen atoms in total. The minimum absolute atomic E-state index is 0.262. The minimum atomic E-state index is 0.262. The average Bonchev–Trinajstić information content (AvgIpc) is 3.05. The van der Waals surface area contributed by atoms with Crippen molar-refractivity contribution in [2.45, 2.75) is 44.2 Å². The third kappa shape index (κ3) is 3.87. The molecule has 18 heavy (non-hydrogen) atoms. The Morgan fingerprint density at radius 1 is 1.44 bits per heavy atom. The maximum Gasteiger partial charge on any atom is 0.222 e. The second kappa shape index (κ2) is 7.36. The van der Waals surface area contributed by atoms with E-state index in [1.54, 1.807) is 0 Å². The first-order valence-electron chi connectivity index (χ1n) is 7.00. The number of ether oxygens (including phenoxy) is 1. The first-order valence-corrected chi connectivity index (χ1v) is 8.15. The molecule has 2 N–H and O–H groups in total. The van der Waals surface area contributed by atoms with Crippen LogP contribution in [0.2, 0.25) is 0 Å². The molecular formula is C13H24N2O2S. The van der Waals surface area contributed by atoms with Gasteiger partial charge in [0.05, 0.1) is 6.10 Å². The van der Waals surface area contributed by atoms with Crippen molar-refractivity contribution in [3.63, 3.8) is 0 Å². The molecule has 0 bridgehead atoms. The SMILES string of the molecule is NCCCC(=O)N(CC1CCCO1)C1CCSC1. The van der Waals surface area contributed by atoms with Gasteiger partial charge < -0.3 is 15.4 Å². The Hall–Kier alpha value is -0.260. The molecule has 2 rings (SSSR count). The second-order valence-corrected chi connectivity index (χ2v) is 6.24. The lowest BCUT2D eigenvalue weighted by Crippen LogP contribution is -2.44. The predicted molar refractivity (Wildman–Crippen MR) is 74.7 cm³/mol. The first kappa shape index (κ1) is 14.2. The van der Waals surface area contributed by atoms with Crippen LogP contribution in [0.15, 0.2) is 0 Å². The van der Waals surface area contributed by atoms with Crippen LogP contribution >= 0.6 is 11.8 Å². The Bertz CT molecular complexity index is 264. The first-order chi connectivity index (χ1) is 8.81. The molecule has 104 valence electrons. The summed E-state index contributed by atoms with van der Waals surface area (Å²) < 4.78 is 5.67. The summed E-state index contributed by atoms with van der Waals surface area (Å²) in [6, 6.07) is 0.421. The molecule has 2 atom stereocenters. The predicted octanol–water partition coefficient (Wildman–Crippen LogP) is 1.24. The van der Waals surface area contributed by atoms with Crippen LogP contribution in [-0.2, 0) is 9.53 Å². The lowest BCUT2D eigenvalue weighted by Gasteiger charge is -2.30. The molecule has 2 aliphatic rings. The van der Waals surface area contributed by atoms with Crippen LogP contribution in [-0.4, -0.2) is 54.2 Å². The highest BCUT2D eigenvalue weighted by atomic mass is 32.2. The number of nitrogens with zero attached hydrogens (tertiary/aromatic N) is 1. The monoisotopic (exact) mass is 272 g/mol. The van der Waals surface area contributed by atoms with Gasteiger partial charge in [0.25, 0.3) is 0 Å². The number of hydrogen-bond donors (Lipinski definition) is 1. The van der Waals surface area contributed by atoms with Gasteiger partial charge >= 0.3 is 0 Å². The summed E-state index contributed by atoms with van der Waals surface area (Å²) in [7, 11) is 0. The fourth-order valence-corrected chi connectivity index (χ4v) is 3.85. The molecule has 0 aromatic rings. The maximum absolute atomic E-state index is 12.3. The lowest BCUT2D eigenvalue weighted by atomic mass is 10.1. The number of nitrogens with two attached hydrogens (primary N) is 1. The molecule has 0 saturated carbocycles. The van der Waals surface area contributed by atoms with Gasteiger partial charge in [-0.2, -0.15) is 11.8 Å². The molecule has 2 heterocycles. The van der Waals surface area contributed by atoms with E-state index in [2.05, 4.69) is 4.90 Å². The van der Waals surface area contributed by atoms with Gasteiger partial charge in [-0.3, -0.25) is 4.79 Å². The van der Waals surface area contributed by atoms with Gasteiger partial charge in [-0.25, -0.2) is 0 Å². The summed E-state index contributed by atoms with van der Waals surface area (Å²) in [4.78, 5) is 14.4. The van der Waals surface area contributed by atoms with Crippen LogP contribution in [0.5, 0.6) is 0 Å². The van der Waals surface area contributed by atoms with Gasteiger partial charge in [0.15, 0.2) is 0 Å². The molecule has 2 unspecified atom stereocenters. The topological polar surface area (TPSA) is 55.6 Å². The van der Waals surface area contributed by atoms with Gasteiger partial charge in [-0.1, -0.05) is 0 Å². The summed E-state index contributed by atoms with van der Waals surface area (Å²) in [6.07, 6.45) is 5.00. The Labute approximate surface area is 114 Å². The molecule has 0 radical (unpaired) electrons. The fourth-order valence-electron chi connectivity index (χ4n) is 2.63. The quantitative estimate of drug-likeness (QED) is 0.790. The van der Waals surface area contributed by atoms with E-state index in [4.69, 9.17) is 10.5 Å². The molecule has 0 aromatic heterocycles. The van der Waals surface area contributed by atoms with Crippen molar-refractivity contribution in [1.82, 2.24) is 4.90 Å². The summed E-state index contributed by atoms with van der Waals surface area (Å²) in [6.45, 7) is 2.24. The zero-order valence-electron chi connectivity index (χ0n) is 11.0. The van der Waals surface area contributed by atoms with Crippen molar-refractivity contribution >= 4 is 17.7 Å². The minimum Gasteiger partial charge on any atom is -0.376 e. The highest BCUT2D eigenvalue weighted by molar-refractivity contribution is 7.99. The lowest BCUT2D eigenvalue weighted by molar-refractivity contribution is -0.134. The molecular weight excluding hydrogens is 248 g/mol. The van der Waals surface area contributed by atoms with E-state index in [-0.39, 0.29) is 12.0 Å². The van der Waals surface area contributed by atoms with Gasteiger partial charge in [-0.15, -0.1) is 0 Å². The third-order valence-electron chi connectivity index (χ3n) is 3.69. The van der Waals surface area contributed by atoms with E-state index in [1.807, 2.05) is 11.8 Å². The van der Waals surface area contributed by atoms with Crippen LogP contribution in [0.3, 0.4) is 0 Å². The van der Waals surface area contributed by atoms with Crippen molar-refractivity contribution in [3.8, 4) is 0 Å². The number of carbonyl (C=O) groups excluding carboxylic acids is 1. The molecule has 2 saturated heterocycles. The number of thioether (sulfide) groups is 1. The van der Waals surface area contributed by atoms with Crippen LogP contribution in [0.4, 0.5) is 0 Å². The van der Waals surface area contributed by atoms with Crippen molar-refractivity contribution in [1.29, 1.82) is 0 Å². The van der Waals surface area contributed by atoms with Crippen molar-refractivity contribution in [2.24, 2.45) is 5.73 Å². The Morgan fingerprint density at radius 2 is 2.33 bits per heavy atom. The molecule has 0 aromatic carbocycles.